The number of benzene rings is 1. The zero-order chi connectivity index (χ0) is 11.2. The Hall–Kier alpha value is -0.780. The van der Waals surface area contributed by atoms with Crippen LogP contribution in [0.2, 0.25) is 5.15 Å². The van der Waals surface area contributed by atoms with E-state index in [1.54, 1.807) is 13.1 Å². The topological polar surface area (TPSA) is 52.0 Å². The van der Waals surface area contributed by atoms with Crippen molar-refractivity contribution in [3.05, 3.63) is 23.4 Å². The summed E-state index contributed by atoms with van der Waals surface area (Å²) >= 11 is 5.93. The third kappa shape index (κ3) is 1.82. The van der Waals surface area contributed by atoms with E-state index in [4.69, 9.17) is 22.3 Å². The van der Waals surface area contributed by atoms with E-state index in [0.717, 1.165) is 0 Å². The SMILES string of the molecule is Cn1nc2ccc(S(=O)(=O)Cl)cc2c1Cl. The number of hydrogen-bond donors (Lipinski definition) is 0. The third-order valence-corrected chi connectivity index (χ3v) is 3.81. The Balaban J connectivity index is 2.81. The zero-order valence-corrected chi connectivity index (χ0v) is 9.94. The average molecular weight is 265 g/mol. The normalized spacial score (nSPS) is 12.2. The fourth-order valence-corrected chi connectivity index (χ4v) is 2.27. The highest BCUT2D eigenvalue weighted by molar-refractivity contribution is 8.13. The first-order valence-corrected chi connectivity index (χ1v) is 6.65. The maximum absolute atomic E-state index is 11.1. The van der Waals surface area contributed by atoms with Gasteiger partial charge in [0, 0.05) is 23.1 Å². The van der Waals surface area contributed by atoms with Gasteiger partial charge in [0.15, 0.2) is 0 Å². The van der Waals surface area contributed by atoms with Crippen LogP contribution in [0.25, 0.3) is 10.9 Å². The summed E-state index contributed by atoms with van der Waals surface area (Å²) in [5.74, 6) is 0. The maximum atomic E-state index is 11.1. The summed E-state index contributed by atoms with van der Waals surface area (Å²) in [6, 6.07) is 4.37. The first-order chi connectivity index (χ1) is 6.89. The van der Waals surface area contributed by atoms with Gasteiger partial charge < -0.3 is 0 Å². The predicted molar refractivity (Wildman–Crippen MR) is 58.8 cm³/mol. The molecule has 2 aromatic rings. The Morgan fingerprint density at radius 3 is 2.67 bits per heavy atom. The van der Waals surface area contributed by atoms with Crippen LogP contribution in [0, 0.1) is 0 Å². The molecule has 0 saturated carbocycles. The van der Waals surface area contributed by atoms with Crippen molar-refractivity contribution < 1.29 is 8.42 Å². The summed E-state index contributed by atoms with van der Waals surface area (Å²) in [6.45, 7) is 0. The highest BCUT2D eigenvalue weighted by Crippen LogP contribution is 2.26. The Labute approximate surface area is 95.8 Å². The van der Waals surface area contributed by atoms with Gasteiger partial charge >= 0.3 is 0 Å². The molecular weight excluding hydrogens is 259 g/mol. The van der Waals surface area contributed by atoms with Gasteiger partial charge in [-0.15, -0.1) is 0 Å². The highest BCUT2D eigenvalue weighted by atomic mass is 35.7. The molecule has 0 saturated heterocycles. The van der Waals surface area contributed by atoms with E-state index in [1.165, 1.54) is 16.8 Å². The highest BCUT2D eigenvalue weighted by Gasteiger charge is 2.13. The van der Waals surface area contributed by atoms with Crippen LogP contribution in [0.15, 0.2) is 23.1 Å². The van der Waals surface area contributed by atoms with Crippen LogP contribution in [-0.2, 0) is 16.1 Å². The largest absolute Gasteiger partial charge is 0.261 e. The van der Waals surface area contributed by atoms with Gasteiger partial charge in [-0.3, -0.25) is 4.68 Å². The number of rotatable bonds is 1. The van der Waals surface area contributed by atoms with Gasteiger partial charge in [-0.1, -0.05) is 11.6 Å². The summed E-state index contributed by atoms with van der Waals surface area (Å²) in [6.07, 6.45) is 0. The van der Waals surface area contributed by atoms with Crippen LogP contribution in [0.4, 0.5) is 0 Å². The zero-order valence-electron chi connectivity index (χ0n) is 7.61. The number of fused-ring (bicyclic) bond motifs is 1. The molecule has 4 nitrogen and oxygen atoms in total. The molecule has 1 aromatic heterocycles. The number of aryl methyl sites for hydroxylation is 1. The van der Waals surface area contributed by atoms with E-state index in [1.807, 2.05) is 0 Å². The Morgan fingerprint density at radius 1 is 1.40 bits per heavy atom. The minimum Gasteiger partial charge on any atom is -0.256 e. The first kappa shape index (κ1) is 10.7. The van der Waals surface area contributed by atoms with Gasteiger partial charge in [0.25, 0.3) is 9.05 Å². The average Bonchev–Trinajstić information content (AvgIpc) is 2.41. The summed E-state index contributed by atoms with van der Waals surface area (Å²) < 4.78 is 23.6. The molecule has 0 aliphatic heterocycles. The fourth-order valence-electron chi connectivity index (χ4n) is 1.30. The number of hydrogen-bond acceptors (Lipinski definition) is 3. The molecule has 0 unspecified atom stereocenters. The van der Waals surface area contributed by atoms with Gasteiger partial charge in [0.1, 0.15) is 5.15 Å². The van der Waals surface area contributed by atoms with Crippen LogP contribution in [0.3, 0.4) is 0 Å². The molecule has 1 heterocycles. The van der Waals surface area contributed by atoms with Crippen molar-refractivity contribution in [1.82, 2.24) is 9.78 Å². The lowest BCUT2D eigenvalue weighted by Crippen LogP contribution is -1.89. The van der Waals surface area contributed by atoms with E-state index in [2.05, 4.69) is 5.10 Å². The van der Waals surface area contributed by atoms with Gasteiger partial charge in [-0.2, -0.15) is 5.10 Å². The van der Waals surface area contributed by atoms with Gasteiger partial charge in [-0.05, 0) is 18.2 Å². The van der Waals surface area contributed by atoms with E-state index >= 15 is 0 Å². The number of aromatic nitrogens is 2. The van der Waals surface area contributed by atoms with Crippen molar-refractivity contribution in [3.63, 3.8) is 0 Å². The number of nitrogens with zero attached hydrogens (tertiary/aromatic N) is 2. The van der Waals surface area contributed by atoms with Crippen molar-refractivity contribution in [3.8, 4) is 0 Å². The fraction of sp³-hybridized carbons (Fsp3) is 0.125. The maximum Gasteiger partial charge on any atom is 0.261 e. The second-order valence-electron chi connectivity index (χ2n) is 3.03. The molecule has 0 radical (unpaired) electrons. The molecule has 0 amide bonds. The lowest BCUT2D eigenvalue weighted by Gasteiger charge is -1.95. The lowest BCUT2D eigenvalue weighted by molar-refractivity contribution is 0.609. The molecule has 0 fully saturated rings. The smallest absolute Gasteiger partial charge is 0.256 e. The molecule has 15 heavy (non-hydrogen) atoms. The Bertz CT molecular complexity index is 633. The molecule has 0 aliphatic carbocycles. The van der Waals surface area contributed by atoms with Gasteiger partial charge in [0.2, 0.25) is 0 Å². The molecular formula is C8H6Cl2N2O2S. The molecule has 7 heteroatoms. The molecule has 1 aromatic carbocycles. The quantitative estimate of drug-likeness (QED) is 0.742. The van der Waals surface area contributed by atoms with E-state index in [0.29, 0.717) is 16.1 Å². The molecule has 0 aliphatic rings. The Kier molecular flexibility index (Phi) is 2.41. The minimum absolute atomic E-state index is 0.0200. The molecule has 0 atom stereocenters. The molecule has 0 N–H and O–H groups in total. The van der Waals surface area contributed by atoms with Crippen LogP contribution >= 0.6 is 22.3 Å². The third-order valence-electron chi connectivity index (χ3n) is 2.01. The van der Waals surface area contributed by atoms with E-state index < -0.39 is 9.05 Å². The molecule has 0 bridgehead atoms. The lowest BCUT2D eigenvalue weighted by atomic mass is 10.3. The van der Waals surface area contributed by atoms with Crippen molar-refractivity contribution in [2.45, 2.75) is 4.90 Å². The molecule has 0 spiro atoms. The second-order valence-corrected chi connectivity index (χ2v) is 5.96. The monoisotopic (exact) mass is 264 g/mol. The summed E-state index contributed by atoms with van der Waals surface area (Å²) in [5, 5.41) is 5.03. The minimum atomic E-state index is -3.73. The van der Waals surface area contributed by atoms with Crippen molar-refractivity contribution >= 4 is 42.2 Å². The van der Waals surface area contributed by atoms with Crippen molar-refractivity contribution in [1.29, 1.82) is 0 Å². The van der Waals surface area contributed by atoms with Crippen LogP contribution in [0.1, 0.15) is 0 Å². The summed E-state index contributed by atoms with van der Waals surface area (Å²) in [4.78, 5) is 0.0200. The second kappa shape index (κ2) is 3.37. The first-order valence-electron chi connectivity index (χ1n) is 3.96. The van der Waals surface area contributed by atoms with Crippen molar-refractivity contribution in [2.75, 3.05) is 0 Å². The Morgan fingerprint density at radius 2 is 2.07 bits per heavy atom. The van der Waals surface area contributed by atoms with Crippen molar-refractivity contribution in [2.24, 2.45) is 7.05 Å². The van der Waals surface area contributed by atoms with Gasteiger partial charge in [0.05, 0.1) is 10.4 Å². The summed E-state index contributed by atoms with van der Waals surface area (Å²) in [7, 11) is 3.17. The predicted octanol–water partition coefficient (Wildman–Crippen LogP) is 2.15. The number of halogens is 2. The van der Waals surface area contributed by atoms with Crippen LogP contribution < -0.4 is 0 Å². The molecule has 2 rings (SSSR count). The van der Waals surface area contributed by atoms with Gasteiger partial charge in [-0.25, -0.2) is 8.42 Å². The van der Waals surface area contributed by atoms with Crippen LogP contribution in [-0.4, -0.2) is 18.2 Å². The van der Waals surface area contributed by atoms with E-state index in [9.17, 15) is 8.42 Å². The van der Waals surface area contributed by atoms with Crippen LogP contribution in [0.5, 0.6) is 0 Å². The van der Waals surface area contributed by atoms with E-state index in [-0.39, 0.29) is 4.90 Å². The molecule has 80 valence electrons. The standard InChI is InChI=1S/C8H6Cl2N2O2S/c1-12-8(9)6-4-5(15(10,13)14)2-3-7(6)11-12/h2-4H,1H3. The summed E-state index contributed by atoms with van der Waals surface area (Å²) in [5.41, 5.74) is 0.631.